The largest absolute Gasteiger partial charge is 0.573 e. The van der Waals surface area contributed by atoms with Gasteiger partial charge in [-0.2, -0.15) is 8.42 Å². The number of pyridine rings is 1. The first kappa shape index (κ1) is 19.7. The third-order valence-corrected chi connectivity index (χ3v) is 3.32. The molecule has 0 saturated heterocycles. The van der Waals surface area contributed by atoms with Crippen LogP contribution in [0.5, 0.6) is 5.75 Å². The summed E-state index contributed by atoms with van der Waals surface area (Å²) in [6, 6.07) is 8.40. The molecule has 1 heterocycles. The minimum Gasteiger partial charge on any atom is -0.402 e. The standard InChI is InChI=1S/C7H8O3S.C6H6F3N3O/c1-6-2-4-7(5-3-6)11(8,9)10;7-6(8,9)13-4-2-1-3-11-5(4)12-10/h2-5H,1H3,(H,8,9,10);1-3H,10H2,(H,11,12). The van der Waals surface area contributed by atoms with Crippen molar-refractivity contribution in [2.24, 2.45) is 5.84 Å². The molecule has 0 amide bonds. The first-order valence-corrected chi connectivity index (χ1v) is 7.68. The van der Waals surface area contributed by atoms with Crippen LogP contribution in [0.4, 0.5) is 19.0 Å². The van der Waals surface area contributed by atoms with Gasteiger partial charge in [-0.05, 0) is 31.2 Å². The topological polar surface area (TPSA) is 115 Å². The number of nitrogens with zero attached hydrogens (tertiary/aromatic N) is 1. The number of alkyl halides is 3. The Bertz CT molecular complexity index is 765. The summed E-state index contributed by atoms with van der Waals surface area (Å²) in [4.78, 5) is 3.45. The Balaban J connectivity index is 0.000000243. The van der Waals surface area contributed by atoms with E-state index in [4.69, 9.17) is 10.4 Å². The summed E-state index contributed by atoms with van der Waals surface area (Å²) in [5.41, 5.74) is 2.94. The maximum Gasteiger partial charge on any atom is 0.573 e. The van der Waals surface area contributed by atoms with Crippen LogP contribution in [0.2, 0.25) is 0 Å². The van der Waals surface area contributed by atoms with Gasteiger partial charge in [0.25, 0.3) is 10.1 Å². The minimum absolute atomic E-state index is 0.0666. The number of hydrogen-bond donors (Lipinski definition) is 3. The van der Waals surface area contributed by atoms with Crippen molar-refractivity contribution in [2.75, 3.05) is 5.43 Å². The molecule has 0 unspecified atom stereocenters. The number of nitrogens with two attached hydrogens (primary N) is 1. The van der Waals surface area contributed by atoms with Crippen molar-refractivity contribution in [1.82, 2.24) is 4.98 Å². The molecule has 132 valence electrons. The van der Waals surface area contributed by atoms with Gasteiger partial charge in [0.2, 0.25) is 0 Å². The van der Waals surface area contributed by atoms with E-state index in [-0.39, 0.29) is 10.7 Å². The molecular formula is C13H14F3N3O4S. The highest BCUT2D eigenvalue weighted by molar-refractivity contribution is 7.85. The van der Waals surface area contributed by atoms with E-state index in [2.05, 4.69) is 9.72 Å². The maximum atomic E-state index is 11.7. The van der Waals surface area contributed by atoms with Crippen molar-refractivity contribution < 1.29 is 30.9 Å². The number of aromatic nitrogens is 1. The van der Waals surface area contributed by atoms with Crippen LogP contribution in [0.1, 0.15) is 5.56 Å². The number of hydrazine groups is 1. The molecule has 0 saturated carbocycles. The second-order valence-corrected chi connectivity index (χ2v) is 5.75. The monoisotopic (exact) mass is 365 g/mol. The van der Waals surface area contributed by atoms with Crippen LogP contribution >= 0.6 is 0 Å². The Morgan fingerprint density at radius 1 is 1.21 bits per heavy atom. The third-order valence-electron chi connectivity index (χ3n) is 2.45. The number of hydrogen-bond acceptors (Lipinski definition) is 6. The number of anilines is 1. The van der Waals surface area contributed by atoms with Crippen molar-refractivity contribution in [1.29, 1.82) is 0 Å². The van der Waals surface area contributed by atoms with Gasteiger partial charge in [-0.25, -0.2) is 10.8 Å². The van der Waals surface area contributed by atoms with E-state index >= 15 is 0 Å². The molecule has 0 aliphatic rings. The van der Waals surface area contributed by atoms with Gasteiger partial charge < -0.3 is 10.2 Å². The van der Waals surface area contributed by atoms with Crippen molar-refractivity contribution in [2.45, 2.75) is 18.2 Å². The normalized spacial score (nSPS) is 11.2. The molecule has 1 aromatic carbocycles. The van der Waals surface area contributed by atoms with Crippen LogP contribution < -0.4 is 16.0 Å². The summed E-state index contributed by atoms with van der Waals surface area (Å²) in [7, 11) is -4.02. The number of nitrogens with one attached hydrogen (secondary N) is 1. The molecule has 2 aromatic rings. The first-order chi connectivity index (χ1) is 11.0. The Morgan fingerprint density at radius 2 is 1.79 bits per heavy atom. The minimum atomic E-state index is -4.74. The maximum absolute atomic E-state index is 11.7. The molecule has 0 fully saturated rings. The number of halogens is 3. The van der Waals surface area contributed by atoms with Crippen molar-refractivity contribution in [3.05, 3.63) is 48.2 Å². The Kier molecular flexibility index (Phi) is 6.51. The van der Waals surface area contributed by atoms with Crippen LogP contribution in [0.25, 0.3) is 0 Å². The van der Waals surface area contributed by atoms with Crippen LogP contribution in [-0.4, -0.2) is 24.3 Å². The lowest BCUT2D eigenvalue weighted by molar-refractivity contribution is -0.274. The second-order valence-electron chi connectivity index (χ2n) is 4.33. The number of aryl methyl sites for hydroxylation is 1. The first-order valence-electron chi connectivity index (χ1n) is 6.24. The van der Waals surface area contributed by atoms with Gasteiger partial charge in [0.05, 0.1) is 4.90 Å². The van der Waals surface area contributed by atoms with E-state index < -0.39 is 22.2 Å². The highest BCUT2D eigenvalue weighted by atomic mass is 32.2. The summed E-state index contributed by atoms with van der Waals surface area (Å²) in [6.07, 6.45) is -3.45. The number of nitrogen functional groups attached to an aromatic ring is 1. The molecule has 0 aliphatic heterocycles. The SMILES string of the molecule is Cc1ccc(S(=O)(=O)O)cc1.NNc1ncccc1OC(F)(F)F. The highest BCUT2D eigenvalue weighted by Gasteiger charge is 2.32. The van der Waals surface area contributed by atoms with E-state index in [0.29, 0.717) is 0 Å². The summed E-state index contributed by atoms with van der Waals surface area (Å²) in [6.45, 7) is 1.84. The van der Waals surface area contributed by atoms with E-state index in [9.17, 15) is 21.6 Å². The van der Waals surface area contributed by atoms with Crippen LogP contribution in [0, 0.1) is 6.92 Å². The van der Waals surface area contributed by atoms with Crippen LogP contribution in [-0.2, 0) is 10.1 Å². The average molecular weight is 365 g/mol. The van der Waals surface area contributed by atoms with Crippen LogP contribution in [0.3, 0.4) is 0 Å². The lowest BCUT2D eigenvalue weighted by Crippen LogP contribution is -2.19. The van der Waals surface area contributed by atoms with Crippen molar-refractivity contribution in [3.63, 3.8) is 0 Å². The Hall–Kier alpha value is -2.37. The predicted octanol–water partition coefficient (Wildman–Crippen LogP) is 2.51. The zero-order chi connectivity index (χ0) is 18.4. The third kappa shape index (κ3) is 6.81. The van der Waals surface area contributed by atoms with E-state index in [1.165, 1.54) is 24.4 Å². The zero-order valence-corrected chi connectivity index (χ0v) is 13.1. The molecule has 0 spiro atoms. The summed E-state index contributed by atoms with van der Waals surface area (Å²) in [5, 5.41) is 0. The fraction of sp³-hybridized carbons (Fsp3) is 0.154. The van der Waals surface area contributed by atoms with Crippen molar-refractivity contribution in [3.8, 4) is 5.75 Å². The Morgan fingerprint density at radius 3 is 2.25 bits per heavy atom. The second kappa shape index (κ2) is 7.95. The lowest BCUT2D eigenvalue weighted by Gasteiger charge is -2.10. The molecule has 1 aromatic heterocycles. The average Bonchev–Trinajstić information content (AvgIpc) is 2.46. The van der Waals surface area contributed by atoms with Crippen molar-refractivity contribution >= 4 is 15.9 Å². The van der Waals surface area contributed by atoms with Gasteiger partial charge in [0, 0.05) is 6.20 Å². The summed E-state index contributed by atoms with van der Waals surface area (Å²) >= 11 is 0. The molecular weight excluding hydrogens is 351 g/mol. The highest BCUT2D eigenvalue weighted by Crippen LogP contribution is 2.27. The van der Waals surface area contributed by atoms with Gasteiger partial charge in [-0.3, -0.25) is 4.55 Å². The fourth-order valence-corrected chi connectivity index (χ4v) is 1.90. The predicted molar refractivity (Wildman–Crippen MR) is 79.7 cm³/mol. The summed E-state index contributed by atoms with van der Waals surface area (Å²) < 4.78 is 68.4. The van der Waals surface area contributed by atoms with Crippen LogP contribution in [0.15, 0.2) is 47.5 Å². The molecule has 24 heavy (non-hydrogen) atoms. The number of benzene rings is 1. The van der Waals surface area contributed by atoms with E-state index in [1.54, 1.807) is 12.1 Å². The van der Waals surface area contributed by atoms with E-state index in [1.807, 2.05) is 12.3 Å². The fourth-order valence-electron chi connectivity index (χ4n) is 1.42. The van der Waals surface area contributed by atoms with Gasteiger partial charge >= 0.3 is 6.36 Å². The summed E-state index contributed by atoms with van der Waals surface area (Å²) in [5.74, 6) is 4.28. The molecule has 7 nitrogen and oxygen atoms in total. The Labute approximate surface area is 136 Å². The van der Waals surface area contributed by atoms with Gasteiger partial charge in [0.15, 0.2) is 11.6 Å². The molecule has 2 rings (SSSR count). The molecule has 0 bridgehead atoms. The molecule has 0 atom stereocenters. The zero-order valence-electron chi connectivity index (χ0n) is 12.3. The molecule has 11 heteroatoms. The number of ether oxygens (including phenoxy) is 1. The quantitative estimate of drug-likeness (QED) is 0.435. The van der Waals surface area contributed by atoms with Gasteiger partial charge in [-0.1, -0.05) is 17.7 Å². The molecule has 4 N–H and O–H groups in total. The smallest absolute Gasteiger partial charge is 0.402 e. The molecule has 0 radical (unpaired) electrons. The van der Waals surface area contributed by atoms with E-state index in [0.717, 1.165) is 11.6 Å². The number of rotatable bonds is 3. The lowest BCUT2D eigenvalue weighted by atomic mass is 10.2. The van der Waals surface area contributed by atoms with Gasteiger partial charge in [-0.15, -0.1) is 13.2 Å². The van der Waals surface area contributed by atoms with Gasteiger partial charge in [0.1, 0.15) is 0 Å². The molecule has 0 aliphatic carbocycles.